The minimum absolute atomic E-state index is 0.0101. The van der Waals surface area contributed by atoms with Crippen LogP contribution in [0.15, 0.2) is 18.2 Å². The van der Waals surface area contributed by atoms with Gasteiger partial charge in [-0.2, -0.15) is 5.48 Å². The molecule has 1 aliphatic carbocycles. The summed E-state index contributed by atoms with van der Waals surface area (Å²) in [5.74, 6) is -0.573. The number of hydrogen-bond donors (Lipinski definition) is 1. The van der Waals surface area contributed by atoms with Crippen LogP contribution in [-0.2, 0) is 10.4 Å². The Balaban J connectivity index is 2.08. The Morgan fingerprint density at radius 1 is 1.47 bits per heavy atom. The molecule has 0 bridgehead atoms. The van der Waals surface area contributed by atoms with Crippen LogP contribution in [0.4, 0.5) is 8.78 Å². The second kappa shape index (κ2) is 3.90. The Hall–Kier alpha value is -0.710. The number of hydroxylamine groups is 1. The quantitative estimate of drug-likeness (QED) is 0.882. The Bertz CT molecular complexity index is 456. The van der Waals surface area contributed by atoms with Gasteiger partial charge < -0.3 is 0 Å². The van der Waals surface area contributed by atoms with Crippen LogP contribution in [0.2, 0.25) is 5.02 Å². The van der Waals surface area contributed by atoms with Gasteiger partial charge in [0.25, 0.3) is 0 Å². The zero-order valence-corrected chi connectivity index (χ0v) is 9.81. The van der Waals surface area contributed by atoms with Crippen LogP contribution in [0, 0.1) is 11.7 Å². The van der Waals surface area contributed by atoms with Gasteiger partial charge in [-0.1, -0.05) is 23.7 Å². The average Bonchev–Trinajstić information content (AvgIpc) is 2.54. The summed E-state index contributed by atoms with van der Waals surface area (Å²) in [6.45, 7) is -0.703. The second-order valence-corrected chi connectivity index (χ2v) is 5.06. The van der Waals surface area contributed by atoms with Crippen molar-refractivity contribution in [3.05, 3.63) is 34.6 Å². The molecule has 2 aliphatic rings. The van der Waals surface area contributed by atoms with E-state index in [1.165, 1.54) is 6.07 Å². The van der Waals surface area contributed by atoms with Crippen molar-refractivity contribution in [3.63, 3.8) is 0 Å². The van der Waals surface area contributed by atoms with Crippen molar-refractivity contribution >= 4 is 11.6 Å². The van der Waals surface area contributed by atoms with E-state index in [0.717, 1.165) is 12.8 Å². The van der Waals surface area contributed by atoms with Gasteiger partial charge in [0.2, 0.25) is 0 Å². The van der Waals surface area contributed by atoms with Crippen molar-refractivity contribution in [1.29, 1.82) is 0 Å². The second-order valence-electron chi connectivity index (χ2n) is 4.65. The smallest absolute Gasteiger partial charge is 0.147 e. The first-order chi connectivity index (χ1) is 8.19. The van der Waals surface area contributed by atoms with E-state index in [4.69, 9.17) is 16.4 Å². The monoisotopic (exact) mass is 259 g/mol. The highest BCUT2D eigenvalue weighted by Gasteiger charge is 2.56. The van der Waals surface area contributed by atoms with E-state index in [9.17, 15) is 8.78 Å². The van der Waals surface area contributed by atoms with E-state index in [2.05, 4.69) is 5.48 Å². The summed E-state index contributed by atoms with van der Waals surface area (Å²) in [6, 6.07) is 4.66. The molecule has 1 aromatic carbocycles. The molecule has 1 aromatic rings. The maximum Gasteiger partial charge on any atom is 0.147 e. The number of rotatable bonds is 2. The lowest BCUT2D eigenvalue weighted by Crippen LogP contribution is -2.48. The van der Waals surface area contributed by atoms with Gasteiger partial charge in [0.1, 0.15) is 18.0 Å². The van der Waals surface area contributed by atoms with Crippen molar-refractivity contribution < 1.29 is 13.6 Å². The normalized spacial score (nSPS) is 35.5. The van der Waals surface area contributed by atoms with Gasteiger partial charge >= 0.3 is 0 Å². The van der Waals surface area contributed by atoms with Gasteiger partial charge in [-0.25, -0.2) is 8.78 Å². The van der Waals surface area contributed by atoms with Crippen LogP contribution in [0.5, 0.6) is 0 Å². The third-order valence-corrected chi connectivity index (χ3v) is 4.17. The summed E-state index contributed by atoms with van der Waals surface area (Å²) in [4.78, 5) is 5.31. The Morgan fingerprint density at radius 3 is 2.88 bits per heavy atom. The molecule has 3 atom stereocenters. The fraction of sp³-hybridized carbons (Fsp3) is 0.500. The van der Waals surface area contributed by atoms with E-state index in [0.29, 0.717) is 0 Å². The molecule has 1 aliphatic heterocycles. The van der Waals surface area contributed by atoms with Crippen molar-refractivity contribution in [2.75, 3.05) is 6.67 Å². The van der Waals surface area contributed by atoms with Gasteiger partial charge in [0.05, 0.1) is 11.1 Å². The largest absolute Gasteiger partial charge is 0.297 e. The molecule has 3 unspecified atom stereocenters. The van der Waals surface area contributed by atoms with Crippen LogP contribution < -0.4 is 5.48 Å². The summed E-state index contributed by atoms with van der Waals surface area (Å²) >= 11 is 5.75. The van der Waals surface area contributed by atoms with Crippen LogP contribution in [0.3, 0.4) is 0 Å². The summed E-state index contributed by atoms with van der Waals surface area (Å²) in [5.41, 5.74) is 1.88. The highest BCUT2D eigenvalue weighted by atomic mass is 35.5. The van der Waals surface area contributed by atoms with Gasteiger partial charge in [-0.15, -0.1) is 0 Å². The summed E-state index contributed by atoms with van der Waals surface area (Å²) in [5, 5.41) is 0.0138. The number of halogens is 3. The molecule has 0 spiro atoms. The number of nitrogens with one attached hydrogen (secondary N) is 1. The summed E-state index contributed by atoms with van der Waals surface area (Å²) in [7, 11) is 0. The van der Waals surface area contributed by atoms with Gasteiger partial charge in [0.15, 0.2) is 0 Å². The molecule has 0 aromatic heterocycles. The molecule has 2 fully saturated rings. The first kappa shape index (κ1) is 11.4. The number of fused-ring (bicyclic) bond motifs is 1. The third kappa shape index (κ3) is 1.44. The molecule has 17 heavy (non-hydrogen) atoms. The molecule has 1 N–H and O–H groups in total. The minimum Gasteiger partial charge on any atom is -0.297 e. The SMILES string of the molecule is FCC1(c2cccc(Cl)c2F)NOC2CCC21. The zero-order chi connectivity index (χ0) is 12.0. The Labute approximate surface area is 103 Å². The van der Waals surface area contributed by atoms with Crippen LogP contribution in [0.1, 0.15) is 18.4 Å². The van der Waals surface area contributed by atoms with Crippen molar-refractivity contribution in [3.8, 4) is 0 Å². The first-order valence-corrected chi connectivity index (χ1v) is 6.00. The third-order valence-electron chi connectivity index (χ3n) is 3.88. The molecule has 1 heterocycles. The molecule has 1 saturated heterocycles. The molecule has 0 radical (unpaired) electrons. The van der Waals surface area contributed by atoms with E-state index in [1.54, 1.807) is 12.1 Å². The Kier molecular flexibility index (Phi) is 2.61. The van der Waals surface area contributed by atoms with Gasteiger partial charge in [0, 0.05) is 11.5 Å². The van der Waals surface area contributed by atoms with Crippen LogP contribution >= 0.6 is 11.6 Å². The first-order valence-electron chi connectivity index (χ1n) is 5.62. The number of alkyl halides is 1. The molecule has 92 valence electrons. The highest BCUT2D eigenvalue weighted by Crippen LogP contribution is 2.49. The molecule has 2 nitrogen and oxygen atoms in total. The Morgan fingerprint density at radius 2 is 2.29 bits per heavy atom. The zero-order valence-electron chi connectivity index (χ0n) is 9.05. The minimum atomic E-state index is -1.07. The van der Waals surface area contributed by atoms with Crippen molar-refractivity contribution in [1.82, 2.24) is 5.48 Å². The lowest BCUT2D eigenvalue weighted by Gasteiger charge is -2.38. The topological polar surface area (TPSA) is 21.3 Å². The fourth-order valence-electron chi connectivity index (χ4n) is 2.73. The van der Waals surface area contributed by atoms with Gasteiger partial charge in [-0.3, -0.25) is 4.84 Å². The van der Waals surface area contributed by atoms with Crippen molar-refractivity contribution in [2.24, 2.45) is 5.92 Å². The summed E-state index contributed by atoms with van der Waals surface area (Å²) < 4.78 is 27.5. The lowest BCUT2D eigenvalue weighted by molar-refractivity contribution is -0.0181. The predicted octanol–water partition coefficient (Wildman–Crippen LogP) is 2.96. The predicted molar refractivity (Wildman–Crippen MR) is 59.8 cm³/mol. The number of benzene rings is 1. The average molecular weight is 260 g/mol. The molecule has 3 rings (SSSR count). The molecule has 0 amide bonds. The standard InChI is InChI=1S/C12H12ClF2NO/c13-9-3-1-2-8(11(9)15)12(6-14)7-4-5-10(7)17-16-12/h1-3,7,10,16H,4-6H2. The molecular weight excluding hydrogens is 248 g/mol. The molecule has 1 saturated carbocycles. The van der Waals surface area contributed by atoms with Gasteiger partial charge in [-0.05, 0) is 18.9 Å². The summed E-state index contributed by atoms with van der Waals surface area (Å²) in [6.07, 6.45) is 1.72. The highest BCUT2D eigenvalue weighted by molar-refractivity contribution is 6.30. The van der Waals surface area contributed by atoms with Crippen molar-refractivity contribution in [2.45, 2.75) is 24.5 Å². The lowest BCUT2D eigenvalue weighted by atomic mass is 9.67. The maximum absolute atomic E-state index is 14.0. The molecule has 5 heteroatoms. The maximum atomic E-state index is 14.0. The van der Waals surface area contributed by atoms with Crippen LogP contribution in [-0.4, -0.2) is 12.8 Å². The fourth-order valence-corrected chi connectivity index (χ4v) is 2.91. The van der Waals surface area contributed by atoms with E-state index in [1.807, 2.05) is 0 Å². The van der Waals surface area contributed by atoms with Crippen LogP contribution in [0.25, 0.3) is 0 Å². The number of hydrogen-bond acceptors (Lipinski definition) is 2. The van der Waals surface area contributed by atoms with E-state index in [-0.39, 0.29) is 22.6 Å². The van der Waals surface area contributed by atoms with E-state index < -0.39 is 18.0 Å². The molecular formula is C12H12ClF2NO. The van der Waals surface area contributed by atoms with E-state index >= 15 is 0 Å².